The molecule has 180 valence electrons. The van der Waals surface area contributed by atoms with E-state index >= 15 is 0 Å². The van der Waals surface area contributed by atoms with Crippen LogP contribution in [-0.4, -0.2) is 43.1 Å². The van der Waals surface area contributed by atoms with E-state index in [1.165, 1.54) is 6.07 Å². The number of rotatable bonds is 7. The van der Waals surface area contributed by atoms with Gasteiger partial charge in [0.05, 0.1) is 11.4 Å². The van der Waals surface area contributed by atoms with Crippen molar-refractivity contribution in [3.63, 3.8) is 0 Å². The summed E-state index contributed by atoms with van der Waals surface area (Å²) in [4.78, 5) is 17.5. The highest BCUT2D eigenvalue weighted by atomic mass is 32.2. The highest BCUT2D eigenvalue weighted by Crippen LogP contribution is 2.25. The minimum atomic E-state index is -3.60. The van der Waals surface area contributed by atoms with Gasteiger partial charge in [-0.25, -0.2) is 13.4 Å². The molecule has 0 amide bonds. The monoisotopic (exact) mass is 489 g/mol. The molecule has 0 radical (unpaired) electrons. The summed E-state index contributed by atoms with van der Waals surface area (Å²) in [6.07, 6.45) is 3.83. The molecule has 1 saturated heterocycles. The maximum Gasteiger partial charge on any atom is 0.243 e. The number of sulfonamides is 1. The average molecular weight is 490 g/mol. The van der Waals surface area contributed by atoms with E-state index in [1.54, 1.807) is 22.5 Å². The summed E-state index contributed by atoms with van der Waals surface area (Å²) in [6.45, 7) is 1.11. The summed E-state index contributed by atoms with van der Waals surface area (Å²) < 4.78 is 33.5. The zero-order valence-corrected chi connectivity index (χ0v) is 20.1. The molecule has 2 heterocycles. The number of fused-ring (bicyclic) bond motifs is 1. The first-order valence-electron chi connectivity index (χ1n) is 11.8. The van der Waals surface area contributed by atoms with Crippen LogP contribution < -0.4 is 5.32 Å². The zero-order valence-electron chi connectivity index (χ0n) is 19.3. The molecule has 0 bridgehead atoms. The molecule has 7 nitrogen and oxygen atoms in total. The summed E-state index contributed by atoms with van der Waals surface area (Å²) in [6, 6.07) is 21.4. The molecule has 3 aromatic carbocycles. The number of para-hydroxylation sites is 2. The number of oxazole rings is 1. The van der Waals surface area contributed by atoms with E-state index in [1.807, 2.05) is 48.5 Å². The molecule has 1 aliphatic rings. The lowest BCUT2D eigenvalue weighted by molar-refractivity contribution is 0.101. The van der Waals surface area contributed by atoms with Crippen LogP contribution in [0.1, 0.15) is 36.0 Å². The van der Waals surface area contributed by atoms with Crippen molar-refractivity contribution in [2.75, 3.05) is 25.0 Å². The van der Waals surface area contributed by atoms with Gasteiger partial charge in [-0.15, -0.1) is 0 Å². The Kier molecular flexibility index (Phi) is 6.66. The maximum atomic E-state index is 13.1. The van der Waals surface area contributed by atoms with Gasteiger partial charge in [-0.3, -0.25) is 4.79 Å². The number of benzene rings is 3. The second-order valence-corrected chi connectivity index (χ2v) is 10.6. The molecule has 1 aromatic heterocycles. The van der Waals surface area contributed by atoms with Gasteiger partial charge in [0, 0.05) is 29.9 Å². The molecule has 1 fully saturated rings. The lowest BCUT2D eigenvalue weighted by Gasteiger charge is -2.20. The molecule has 1 N–H and O–H groups in total. The summed E-state index contributed by atoms with van der Waals surface area (Å²) in [5.41, 5.74) is 3.51. The van der Waals surface area contributed by atoms with Gasteiger partial charge in [-0.05, 0) is 61.4 Å². The number of nitrogens with one attached hydrogen (secondary N) is 1. The minimum absolute atomic E-state index is 0.0510. The van der Waals surface area contributed by atoms with Crippen LogP contribution in [0.5, 0.6) is 0 Å². The van der Waals surface area contributed by atoms with Crippen LogP contribution in [0.15, 0.2) is 82.1 Å². The molecule has 1 aliphatic heterocycles. The molecule has 0 spiro atoms. The number of Topliss-reactive ketones (excluding diaryl/α,β-unsaturated/α-hetero) is 1. The van der Waals surface area contributed by atoms with E-state index < -0.39 is 10.0 Å². The number of carbonyl (C=O) groups excluding carboxylic acids is 1. The van der Waals surface area contributed by atoms with E-state index in [0.717, 1.165) is 48.0 Å². The van der Waals surface area contributed by atoms with Gasteiger partial charge in [0.1, 0.15) is 5.52 Å². The highest BCUT2D eigenvalue weighted by molar-refractivity contribution is 7.89. The third kappa shape index (κ3) is 5.13. The first-order valence-corrected chi connectivity index (χ1v) is 13.3. The van der Waals surface area contributed by atoms with Gasteiger partial charge < -0.3 is 9.73 Å². The SMILES string of the molecule is O=C(CNc1ccc(-c2nc3ccccc3o2)cc1)c1cccc(S(=O)(=O)N2CCCCCC2)c1. The average Bonchev–Trinajstić information content (AvgIpc) is 3.12. The molecule has 35 heavy (non-hydrogen) atoms. The van der Waals surface area contributed by atoms with Gasteiger partial charge in [0.2, 0.25) is 15.9 Å². The topological polar surface area (TPSA) is 92.5 Å². The fourth-order valence-electron chi connectivity index (χ4n) is 4.27. The van der Waals surface area contributed by atoms with Crippen LogP contribution in [0.2, 0.25) is 0 Å². The summed E-state index contributed by atoms with van der Waals surface area (Å²) >= 11 is 0. The largest absolute Gasteiger partial charge is 0.436 e. The summed E-state index contributed by atoms with van der Waals surface area (Å²) in [5, 5.41) is 3.12. The van der Waals surface area contributed by atoms with E-state index in [9.17, 15) is 13.2 Å². The van der Waals surface area contributed by atoms with Gasteiger partial charge in [-0.1, -0.05) is 37.1 Å². The Labute approximate surface area is 204 Å². The number of aromatic nitrogens is 1. The van der Waals surface area contributed by atoms with Crippen LogP contribution in [0, 0.1) is 0 Å². The van der Waals surface area contributed by atoms with Gasteiger partial charge >= 0.3 is 0 Å². The van der Waals surface area contributed by atoms with Gasteiger partial charge in [-0.2, -0.15) is 4.31 Å². The third-order valence-electron chi connectivity index (χ3n) is 6.24. The fraction of sp³-hybridized carbons (Fsp3) is 0.259. The van der Waals surface area contributed by atoms with E-state index in [2.05, 4.69) is 10.3 Å². The molecule has 8 heteroatoms. The van der Waals surface area contributed by atoms with Crippen LogP contribution in [-0.2, 0) is 10.0 Å². The van der Waals surface area contributed by atoms with Crippen molar-refractivity contribution in [2.24, 2.45) is 0 Å². The predicted octanol–water partition coefficient (Wildman–Crippen LogP) is 5.35. The lowest BCUT2D eigenvalue weighted by atomic mass is 10.1. The van der Waals surface area contributed by atoms with E-state index in [-0.39, 0.29) is 17.2 Å². The Bertz CT molecular complexity index is 1400. The minimum Gasteiger partial charge on any atom is -0.436 e. The van der Waals surface area contributed by atoms with Crippen molar-refractivity contribution < 1.29 is 17.6 Å². The van der Waals surface area contributed by atoms with Gasteiger partial charge in [0.15, 0.2) is 11.4 Å². The van der Waals surface area contributed by atoms with Crippen LogP contribution in [0.3, 0.4) is 0 Å². The van der Waals surface area contributed by atoms with Crippen molar-refractivity contribution in [2.45, 2.75) is 30.6 Å². The highest BCUT2D eigenvalue weighted by Gasteiger charge is 2.25. The second kappa shape index (κ2) is 10.0. The lowest BCUT2D eigenvalue weighted by Crippen LogP contribution is -2.32. The molecule has 0 atom stereocenters. The van der Waals surface area contributed by atoms with Gasteiger partial charge in [0.25, 0.3) is 0 Å². The molecule has 0 saturated carbocycles. The van der Waals surface area contributed by atoms with Crippen LogP contribution in [0.25, 0.3) is 22.6 Å². The van der Waals surface area contributed by atoms with Crippen molar-refractivity contribution in [1.29, 1.82) is 0 Å². The second-order valence-electron chi connectivity index (χ2n) is 8.69. The molecule has 4 aromatic rings. The Morgan fingerprint density at radius 3 is 2.40 bits per heavy atom. The predicted molar refractivity (Wildman–Crippen MR) is 136 cm³/mol. The number of hydrogen-bond acceptors (Lipinski definition) is 6. The Morgan fingerprint density at radius 2 is 1.66 bits per heavy atom. The van der Waals surface area contributed by atoms with Crippen LogP contribution >= 0.6 is 0 Å². The fourth-order valence-corrected chi connectivity index (χ4v) is 5.84. The maximum absolute atomic E-state index is 13.1. The molecule has 0 aliphatic carbocycles. The van der Waals surface area contributed by atoms with E-state index in [4.69, 9.17) is 4.42 Å². The van der Waals surface area contributed by atoms with Crippen LogP contribution in [0.4, 0.5) is 5.69 Å². The van der Waals surface area contributed by atoms with Crippen molar-refractivity contribution in [1.82, 2.24) is 9.29 Å². The zero-order chi connectivity index (χ0) is 24.3. The normalized spacial score (nSPS) is 15.1. The summed E-state index contributed by atoms with van der Waals surface area (Å²) in [5.74, 6) is 0.359. The Hall–Kier alpha value is -3.49. The Balaban J connectivity index is 1.25. The number of nitrogens with zero attached hydrogens (tertiary/aromatic N) is 2. The van der Waals surface area contributed by atoms with Crippen molar-refractivity contribution in [3.8, 4) is 11.5 Å². The van der Waals surface area contributed by atoms with Crippen molar-refractivity contribution in [3.05, 3.63) is 78.4 Å². The molecular weight excluding hydrogens is 462 g/mol. The molecule has 5 rings (SSSR count). The molecular formula is C27H27N3O4S. The number of carbonyl (C=O) groups is 1. The Morgan fingerprint density at radius 1 is 0.914 bits per heavy atom. The van der Waals surface area contributed by atoms with E-state index in [0.29, 0.717) is 24.5 Å². The summed E-state index contributed by atoms with van der Waals surface area (Å²) in [7, 11) is -3.60. The molecule has 0 unspecified atom stereocenters. The number of ketones is 1. The number of hydrogen-bond donors (Lipinski definition) is 1. The first kappa shape index (κ1) is 23.3. The third-order valence-corrected chi connectivity index (χ3v) is 8.13. The number of anilines is 1. The smallest absolute Gasteiger partial charge is 0.243 e. The standard InChI is InChI=1S/C27H27N3O4S/c31-25(21-8-7-9-23(18-21)35(32,33)30-16-5-1-2-6-17-30)19-28-22-14-12-20(13-15-22)27-29-24-10-3-4-11-26(24)34-27/h3-4,7-15,18,28H,1-2,5-6,16-17,19H2. The van der Waals surface area contributed by atoms with Crippen molar-refractivity contribution >= 4 is 32.6 Å². The quantitative estimate of drug-likeness (QED) is 0.352. The first-order chi connectivity index (χ1) is 17.0.